The summed E-state index contributed by atoms with van der Waals surface area (Å²) in [6, 6.07) is 11.7. The van der Waals surface area contributed by atoms with Gasteiger partial charge in [0.1, 0.15) is 5.75 Å². The number of likely N-dealkylation sites (N-methyl/N-ethyl adjacent to an activating group) is 1. The molecule has 0 spiro atoms. The fraction of sp³-hybridized carbons (Fsp3) is 0.412. The van der Waals surface area contributed by atoms with Crippen molar-refractivity contribution in [2.24, 2.45) is 0 Å². The molecule has 0 radical (unpaired) electrons. The van der Waals surface area contributed by atoms with E-state index in [4.69, 9.17) is 4.74 Å². The molecule has 51 heavy (non-hydrogen) atoms. The number of nitrogens with zero attached hydrogens (tertiary/aromatic N) is 5. The van der Waals surface area contributed by atoms with E-state index in [-0.39, 0.29) is 63.1 Å². The zero-order valence-electron chi connectivity index (χ0n) is 27.8. The van der Waals surface area contributed by atoms with E-state index in [0.29, 0.717) is 24.8 Å². The fourth-order valence-electron chi connectivity index (χ4n) is 6.19. The Labute approximate surface area is 296 Å². The molecule has 3 heterocycles. The number of carbonyl (C=O) groups is 3. The van der Waals surface area contributed by atoms with Gasteiger partial charge in [0.15, 0.2) is 0 Å². The number of piperidine rings is 1. The van der Waals surface area contributed by atoms with Crippen LogP contribution in [0.15, 0.2) is 67.0 Å². The van der Waals surface area contributed by atoms with Crippen LogP contribution in [0.4, 0.5) is 37.7 Å². The zero-order chi connectivity index (χ0) is 36.3. The van der Waals surface area contributed by atoms with Crippen LogP contribution >= 0.6 is 12.4 Å². The van der Waals surface area contributed by atoms with Crippen molar-refractivity contribution in [2.45, 2.75) is 30.8 Å². The molecular weight excluding hydrogens is 706 g/mol. The Bertz CT molecular complexity index is 1700. The quantitative estimate of drug-likeness (QED) is 0.307. The molecule has 2 aliphatic heterocycles. The SMILES string of the molecule is CN(C)CC(=O)Nc1ccccc1N1CCN(C(=O)C2(Oc3ccc(C(F)(F)F)cc3)CCCN(C(=O)c3cnccc3C(F)(F)F)C2)CC1.Cl. The highest BCUT2D eigenvalue weighted by atomic mass is 35.5. The fourth-order valence-corrected chi connectivity index (χ4v) is 6.19. The second-order valence-electron chi connectivity index (χ2n) is 12.5. The molecule has 10 nitrogen and oxygen atoms in total. The number of alkyl halides is 6. The lowest BCUT2D eigenvalue weighted by atomic mass is 9.89. The molecule has 2 aliphatic rings. The summed E-state index contributed by atoms with van der Waals surface area (Å²) in [7, 11) is 3.55. The Morgan fingerprint density at radius 2 is 1.55 bits per heavy atom. The summed E-state index contributed by atoms with van der Waals surface area (Å²) in [6.07, 6.45) is -7.50. The molecule has 1 aromatic heterocycles. The Kier molecular flexibility index (Phi) is 12.1. The minimum absolute atomic E-state index is 0. The average molecular weight is 743 g/mol. The van der Waals surface area contributed by atoms with E-state index in [9.17, 15) is 40.7 Å². The van der Waals surface area contributed by atoms with Gasteiger partial charge in [0, 0.05) is 45.1 Å². The molecule has 1 N–H and O–H groups in total. The molecule has 3 aromatic rings. The van der Waals surface area contributed by atoms with Crippen molar-refractivity contribution in [3.8, 4) is 5.75 Å². The van der Waals surface area contributed by atoms with Crippen molar-refractivity contribution in [1.29, 1.82) is 0 Å². The van der Waals surface area contributed by atoms with Crippen LogP contribution in [0.1, 0.15) is 34.3 Å². The molecule has 276 valence electrons. The topological polar surface area (TPSA) is 98.3 Å². The predicted molar refractivity (Wildman–Crippen MR) is 179 cm³/mol. The second kappa shape index (κ2) is 15.8. The number of pyridine rings is 1. The van der Waals surface area contributed by atoms with Gasteiger partial charge in [-0.05, 0) is 69.4 Å². The largest absolute Gasteiger partial charge is 0.476 e. The van der Waals surface area contributed by atoms with Gasteiger partial charge in [0.25, 0.3) is 11.8 Å². The van der Waals surface area contributed by atoms with Crippen LogP contribution in [0.5, 0.6) is 5.75 Å². The van der Waals surface area contributed by atoms with Crippen molar-refractivity contribution in [3.05, 3.63) is 83.7 Å². The van der Waals surface area contributed by atoms with E-state index >= 15 is 0 Å². The standard InChI is InChI=1S/C34H36F6N6O4.ClH/c1-43(2)21-29(47)42-27-6-3-4-7-28(27)44-16-18-45(19-17-44)31(49)32(50-24-10-8-23(9-11-24)33(35,36)37)13-5-15-46(22-32)30(48)25-20-41-14-12-26(25)34(38,39)40;/h3-4,6-12,14,20H,5,13,15-19,21-22H2,1-2H3,(H,42,47);1H. The maximum Gasteiger partial charge on any atom is 0.417 e. The summed E-state index contributed by atoms with van der Waals surface area (Å²) in [6.45, 7) is 0.804. The number of para-hydroxylation sites is 2. The summed E-state index contributed by atoms with van der Waals surface area (Å²) in [5.41, 5.74) is -3.28. The smallest absolute Gasteiger partial charge is 0.417 e. The maximum absolute atomic E-state index is 14.4. The molecule has 3 amide bonds. The minimum Gasteiger partial charge on any atom is -0.476 e. The first-order valence-corrected chi connectivity index (χ1v) is 15.8. The first-order chi connectivity index (χ1) is 23.6. The number of likely N-dealkylation sites (tertiary alicyclic amines) is 1. The molecule has 5 rings (SSSR count). The van der Waals surface area contributed by atoms with Crippen LogP contribution in [0, 0.1) is 0 Å². The number of hydrogen-bond donors (Lipinski definition) is 1. The van der Waals surface area contributed by atoms with Crippen LogP contribution in [0.25, 0.3) is 0 Å². The number of benzene rings is 2. The lowest BCUT2D eigenvalue weighted by Gasteiger charge is -2.46. The number of aromatic nitrogens is 1. The van der Waals surface area contributed by atoms with Crippen molar-refractivity contribution in [1.82, 2.24) is 19.7 Å². The molecule has 0 aliphatic carbocycles. The number of hydrogen-bond acceptors (Lipinski definition) is 7. The Balaban J connectivity index is 0.00000583. The number of carbonyl (C=O) groups excluding carboxylic acids is 3. The summed E-state index contributed by atoms with van der Waals surface area (Å²) in [4.78, 5) is 50.5. The number of nitrogens with one attached hydrogen (secondary N) is 1. The van der Waals surface area contributed by atoms with E-state index in [1.165, 1.54) is 4.90 Å². The highest BCUT2D eigenvalue weighted by molar-refractivity contribution is 5.97. The molecule has 17 heteroatoms. The van der Waals surface area contributed by atoms with Gasteiger partial charge in [-0.2, -0.15) is 26.3 Å². The van der Waals surface area contributed by atoms with Gasteiger partial charge < -0.3 is 29.7 Å². The number of piperazine rings is 1. The lowest BCUT2D eigenvalue weighted by molar-refractivity contribution is -0.153. The molecule has 2 saturated heterocycles. The maximum atomic E-state index is 14.4. The van der Waals surface area contributed by atoms with Gasteiger partial charge in [-0.25, -0.2) is 0 Å². The predicted octanol–water partition coefficient (Wildman–Crippen LogP) is 5.44. The van der Waals surface area contributed by atoms with E-state index in [2.05, 4.69) is 10.3 Å². The normalized spacial score (nSPS) is 18.3. The number of ether oxygens (including phenoxy) is 1. The van der Waals surface area contributed by atoms with Gasteiger partial charge in [-0.3, -0.25) is 19.4 Å². The molecule has 2 aromatic carbocycles. The molecule has 1 atom stereocenters. The van der Waals surface area contributed by atoms with E-state index in [0.717, 1.165) is 47.2 Å². The van der Waals surface area contributed by atoms with Gasteiger partial charge in [0.2, 0.25) is 11.5 Å². The highest BCUT2D eigenvalue weighted by Gasteiger charge is 2.49. The van der Waals surface area contributed by atoms with Gasteiger partial charge in [-0.15, -0.1) is 12.4 Å². The molecule has 2 fully saturated rings. The van der Waals surface area contributed by atoms with Gasteiger partial charge >= 0.3 is 12.4 Å². The van der Waals surface area contributed by atoms with Crippen LogP contribution in [0.2, 0.25) is 0 Å². The van der Waals surface area contributed by atoms with E-state index in [1.54, 1.807) is 31.1 Å². The third kappa shape index (κ3) is 9.22. The number of anilines is 2. The van der Waals surface area contributed by atoms with Crippen molar-refractivity contribution >= 4 is 41.5 Å². The molecule has 0 bridgehead atoms. The summed E-state index contributed by atoms with van der Waals surface area (Å²) in [5.74, 6) is -1.83. The van der Waals surface area contributed by atoms with Crippen LogP contribution in [0.3, 0.4) is 0 Å². The lowest BCUT2D eigenvalue weighted by Crippen LogP contribution is -2.64. The van der Waals surface area contributed by atoms with Crippen molar-refractivity contribution < 1.29 is 45.5 Å². The van der Waals surface area contributed by atoms with Crippen LogP contribution in [-0.2, 0) is 21.9 Å². The van der Waals surface area contributed by atoms with Gasteiger partial charge in [-0.1, -0.05) is 12.1 Å². The average Bonchev–Trinajstić information content (AvgIpc) is 3.07. The first-order valence-electron chi connectivity index (χ1n) is 15.8. The molecule has 1 unspecified atom stereocenters. The Hall–Kier alpha value is -4.57. The second-order valence-corrected chi connectivity index (χ2v) is 12.5. The van der Waals surface area contributed by atoms with E-state index < -0.39 is 53.0 Å². The van der Waals surface area contributed by atoms with E-state index in [1.807, 2.05) is 17.0 Å². The van der Waals surface area contributed by atoms with Crippen LogP contribution in [-0.4, -0.2) is 103 Å². The van der Waals surface area contributed by atoms with Gasteiger partial charge in [0.05, 0.1) is 41.2 Å². The van der Waals surface area contributed by atoms with Crippen molar-refractivity contribution in [2.75, 3.05) is 70.1 Å². The number of amides is 3. The summed E-state index contributed by atoms with van der Waals surface area (Å²) >= 11 is 0. The first kappa shape index (κ1) is 39.2. The Morgan fingerprint density at radius 1 is 0.882 bits per heavy atom. The monoisotopic (exact) mass is 742 g/mol. The minimum atomic E-state index is -4.85. The number of halogens is 7. The summed E-state index contributed by atoms with van der Waals surface area (Å²) in [5, 5.41) is 2.91. The third-order valence-corrected chi connectivity index (χ3v) is 8.53. The molecule has 0 saturated carbocycles. The Morgan fingerprint density at radius 3 is 2.18 bits per heavy atom. The highest BCUT2D eigenvalue weighted by Crippen LogP contribution is 2.36. The summed E-state index contributed by atoms with van der Waals surface area (Å²) < 4.78 is 87.4. The van der Waals surface area contributed by atoms with Crippen molar-refractivity contribution in [3.63, 3.8) is 0 Å². The molecular formula is C34H37ClF6N6O4. The third-order valence-electron chi connectivity index (χ3n) is 8.53. The number of rotatable bonds is 8. The van der Waals surface area contributed by atoms with Crippen LogP contribution < -0.4 is 15.0 Å². The zero-order valence-corrected chi connectivity index (χ0v) is 28.6.